The molecule has 7 nitrogen and oxygen atoms in total. The van der Waals surface area contributed by atoms with Crippen molar-refractivity contribution in [3.8, 4) is 11.3 Å². The minimum atomic E-state index is -0.530. The van der Waals surface area contributed by atoms with Crippen LogP contribution in [0.5, 0.6) is 0 Å². The maximum atomic E-state index is 11.9. The van der Waals surface area contributed by atoms with E-state index in [1.165, 1.54) is 18.2 Å². The van der Waals surface area contributed by atoms with E-state index in [2.05, 4.69) is 10.2 Å². The number of rotatable bonds is 2. The number of fused-ring (bicyclic) bond motifs is 1. The van der Waals surface area contributed by atoms with Gasteiger partial charge in [0.25, 0.3) is 5.69 Å². The van der Waals surface area contributed by atoms with Crippen molar-refractivity contribution in [2.24, 2.45) is 0 Å². The van der Waals surface area contributed by atoms with Crippen molar-refractivity contribution in [2.45, 2.75) is 6.92 Å². The second-order valence-corrected chi connectivity index (χ2v) is 4.36. The van der Waals surface area contributed by atoms with Gasteiger partial charge in [0.1, 0.15) is 5.58 Å². The monoisotopic (exact) mass is 271 g/mol. The number of nitrogens with zero attached hydrogens (tertiary/aromatic N) is 2. The Morgan fingerprint density at radius 2 is 2.10 bits per heavy atom. The molecule has 0 saturated carbocycles. The molecule has 1 aromatic carbocycles. The van der Waals surface area contributed by atoms with Crippen molar-refractivity contribution in [3.63, 3.8) is 0 Å². The molecule has 2 heterocycles. The molecule has 0 saturated heterocycles. The lowest BCUT2D eigenvalue weighted by atomic mass is 10.1. The number of nitro benzene ring substituents is 1. The highest BCUT2D eigenvalue weighted by molar-refractivity contribution is 5.83. The minimum absolute atomic E-state index is 0.0597. The molecule has 3 aromatic rings. The van der Waals surface area contributed by atoms with Gasteiger partial charge < -0.3 is 4.42 Å². The normalized spacial score (nSPS) is 10.8. The summed E-state index contributed by atoms with van der Waals surface area (Å²) in [6.07, 6.45) is 0. The predicted octanol–water partition coefficient (Wildman–Crippen LogP) is 2.40. The van der Waals surface area contributed by atoms with E-state index in [1.807, 2.05) is 6.92 Å². The number of nitrogens with one attached hydrogen (secondary N) is 1. The third-order valence-electron chi connectivity index (χ3n) is 2.91. The van der Waals surface area contributed by atoms with Gasteiger partial charge in [0.05, 0.1) is 16.2 Å². The number of aromatic nitrogens is 2. The summed E-state index contributed by atoms with van der Waals surface area (Å²) in [6.45, 7) is 1.81. The summed E-state index contributed by atoms with van der Waals surface area (Å²) >= 11 is 0. The Kier molecular flexibility index (Phi) is 2.60. The Labute approximate surface area is 112 Å². The zero-order valence-electron chi connectivity index (χ0n) is 10.4. The number of non-ortho nitro benzene ring substituents is 1. The zero-order valence-corrected chi connectivity index (χ0v) is 10.4. The largest absolute Gasteiger partial charge is 0.422 e. The van der Waals surface area contributed by atoms with E-state index < -0.39 is 10.5 Å². The standard InChI is InChI=1S/C13H9N3O4/c1-7-4-11(15-14-7)10-6-8-5-9(16(18)19)2-3-12(8)20-13(10)17/h2-6H,1H3,(H,14,15). The van der Waals surface area contributed by atoms with Crippen LogP contribution in [-0.2, 0) is 0 Å². The smallest absolute Gasteiger partial charge is 0.345 e. The Bertz CT molecular complexity index is 879. The van der Waals surface area contributed by atoms with E-state index in [9.17, 15) is 14.9 Å². The number of aromatic amines is 1. The van der Waals surface area contributed by atoms with Crippen LogP contribution in [0.4, 0.5) is 5.69 Å². The van der Waals surface area contributed by atoms with Crippen molar-refractivity contribution in [2.75, 3.05) is 0 Å². The molecule has 0 aliphatic heterocycles. The quantitative estimate of drug-likeness (QED) is 0.438. The zero-order chi connectivity index (χ0) is 14.3. The van der Waals surface area contributed by atoms with E-state index in [-0.39, 0.29) is 11.3 Å². The minimum Gasteiger partial charge on any atom is -0.422 e. The maximum absolute atomic E-state index is 11.9. The van der Waals surface area contributed by atoms with Crippen LogP contribution in [0.2, 0.25) is 0 Å². The molecule has 0 spiro atoms. The third kappa shape index (κ3) is 1.95. The molecule has 2 aromatic heterocycles. The lowest BCUT2D eigenvalue weighted by Gasteiger charge is -1.99. The summed E-state index contributed by atoms with van der Waals surface area (Å²) in [7, 11) is 0. The molecule has 0 radical (unpaired) electrons. The molecule has 0 unspecified atom stereocenters. The maximum Gasteiger partial charge on any atom is 0.345 e. The van der Waals surface area contributed by atoms with Gasteiger partial charge in [-0.1, -0.05) is 0 Å². The van der Waals surface area contributed by atoms with Crippen molar-refractivity contribution >= 4 is 16.7 Å². The summed E-state index contributed by atoms with van der Waals surface area (Å²) in [4.78, 5) is 22.2. The van der Waals surface area contributed by atoms with Gasteiger partial charge in [0, 0.05) is 23.2 Å². The second-order valence-electron chi connectivity index (χ2n) is 4.36. The van der Waals surface area contributed by atoms with Crippen molar-refractivity contribution < 1.29 is 9.34 Å². The molecule has 1 N–H and O–H groups in total. The van der Waals surface area contributed by atoms with Gasteiger partial charge >= 0.3 is 5.63 Å². The van der Waals surface area contributed by atoms with E-state index in [0.29, 0.717) is 16.7 Å². The highest BCUT2D eigenvalue weighted by Gasteiger charge is 2.13. The summed E-state index contributed by atoms with van der Waals surface area (Å²) in [5.41, 5.74) is 1.23. The average Bonchev–Trinajstić information content (AvgIpc) is 2.83. The molecule has 0 atom stereocenters. The van der Waals surface area contributed by atoms with Crippen molar-refractivity contribution in [3.05, 3.63) is 56.6 Å². The Balaban J connectivity index is 2.25. The Hall–Kier alpha value is -2.96. The van der Waals surface area contributed by atoms with Crippen LogP contribution in [0.15, 0.2) is 39.5 Å². The summed E-state index contributed by atoms with van der Waals surface area (Å²) in [5, 5.41) is 18.0. The first-order valence-corrected chi connectivity index (χ1v) is 5.79. The van der Waals surface area contributed by atoms with Crippen LogP contribution in [0, 0.1) is 17.0 Å². The van der Waals surface area contributed by atoms with Gasteiger partial charge in [-0.2, -0.15) is 5.10 Å². The molecule has 0 bridgehead atoms. The van der Waals surface area contributed by atoms with E-state index in [0.717, 1.165) is 5.69 Å². The molecular weight excluding hydrogens is 262 g/mol. The van der Waals surface area contributed by atoms with Crippen LogP contribution in [-0.4, -0.2) is 15.1 Å². The van der Waals surface area contributed by atoms with Crippen LogP contribution >= 0.6 is 0 Å². The fourth-order valence-corrected chi connectivity index (χ4v) is 1.96. The molecular formula is C13H9N3O4. The number of aryl methyl sites for hydroxylation is 1. The number of hydrogen-bond donors (Lipinski definition) is 1. The molecule has 20 heavy (non-hydrogen) atoms. The van der Waals surface area contributed by atoms with Crippen LogP contribution in [0.1, 0.15) is 5.69 Å². The first kappa shape index (κ1) is 12.1. The first-order chi connectivity index (χ1) is 9.54. The Morgan fingerprint density at radius 3 is 2.75 bits per heavy atom. The summed E-state index contributed by atoms with van der Waals surface area (Å²) in [6, 6.07) is 7.32. The number of benzene rings is 1. The topological polar surface area (TPSA) is 102 Å². The SMILES string of the molecule is Cc1cc(-c2cc3cc([N+](=O)[O-])ccc3oc2=O)n[nH]1. The number of hydrogen-bond acceptors (Lipinski definition) is 5. The van der Waals surface area contributed by atoms with Crippen LogP contribution < -0.4 is 5.63 Å². The van der Waals surface area contributed by atoms with E-state index in [1.54, 1.807) is 12.1 Å². The third-order valence-corrected chi connectivity index (χ3v) is 2.91. The molecule has 0 aliphatic rings. The average molecular weight is 271 g/mol. The number of H-pyrrole nitrogens is 1. The molecule has 100 valence electrons. The van der Waals surface area contributed by atoms with Crippen LogP contribution in [0.3, 0.4) is 0 Å². The Morgan fingerprint density at radius 1 is 1.30 bits per heavy atom. The summed E-state index contributed by atoms with van der Waals surface area (Å²) in [5.74, 6) is 0. The second kappa shape index (κ2) is 4.30. The lowest BCUT2D eigenvalue weighted by molar-refractivity contribution is -0.384. The van der Waals surface area contributed by atoms with Gasteiger partial charge in [-0.25, -0.2) is 4.79 Å². The van der Waals surface area contributed by atoms with Gasteiger partial charge in [0.15, 0.2) is 0 Å². The lowest BCUT2D eigenvalue weighted by Crippen LogP contribution is -2.03. The van der Waals surface area contributed by atoms with Crippen molar-refractivity contribution in [1.29, 1.82) is 0 Å². The molecule has 0 fully saturated rings. The fraction of sp³-hybridized carbons (Fsp3) is 0.0769. The van der Waals surface area contributed by atoms with Gasteiger partial charge in [-0.3, -0.25) is 15.2 Å². The molecule has 0 amide bonds. The highest BCUT2D eigenvalue weighted by Crippen LogP contribution is 2.23. The molecule has 7 heteroatoms. The van der Waals surface area contributed by atoms with Crippen LogP contribution in [0.25, 0.3) is 22.2 Å². The van der Waals surface area contributed by atoms with Gasteiger partial charge in [-0.05, 0) is 25.1 Å². The van der Waals surface area contributed by atoms with E-state index >= 15 is 0 Å². The van der Waals surface area contributed by atoms with Gasteiger partial charge in [-0.15, -0.1) is 0 Å². The molecule has 0 aliphatic carbocycles. The fourth-order valence-electron chi connectivity index (χ4n) is 1.96. The van der Waals surface area contributed by atoms with E-state index in [4.69, 9.17) is 4.42 Å². The van der Waals surface area contributed by atoms with Gasteiger partial charge in [0.2, 0.25) is 0 Å². The number of nitro groups is 1. The molecule has 3 rings (SSSR count). The highest BCUT2D eigenvalue weighted by atomic mass is 16.6. The predicted molar refractivity (Wildman–Crippen MR) is 71.5 cm³/mol. The van der Waals surface area contributed by atoms with Crippen molar-refractivity contribution in [1.82, 2.24) is 10.2 Å². The first-order valence-electron chi connectivity index (χ1n) is 5.79. The summed E-state index contributed by atoms with van der Waals surface area (Å²) < 4.78 is 5.16.